The molecule has 0 aliphatic carbocycles. The van der Waals surface area contributed by atoms with Gasteiger partial charge in [-0.05, 0) is 57.7 Å². The standard InChI is InChI=1S/C20H30ClN3O3/c1-20(2,3)27-19(26)23-17-9-12-24(13-10-17)14-18(25)22-11-8-15-4-6-16(21)7-5-15/h4-7,17H,8-14H2,1-3H3,(H,22,25)(H,23,26). The minimum atomic E-state index is -0.491. The molecule has 27 heavy (non-hydrogen) atoms. The highest BCUT2D eigenvalue weighted by Gasteiger charge is 2.24. The molecule has 2 rings (SSSR count). The molecule has 1 aromatic rings. The lowest BCUT2D eigenvalue weighted by Crippen LogP contribution is -2.48. The number of benzene rings is 1. The summed E-state index contributed by atoms with van der Waals surface area (Å²) in [7, 11) is 0. The summed E-state index contributed by atoms with van der Waals surface area (Å²) in [6, 6.07) is 7.75. The molecule has 1 aromatic carbocycles. The Kier molecular flexibility index (Phi) is 7.92. The first kappa shape index (κ1) is 21.5. The van der Waals surface area contributed by atoms with Crippen molar-refractivity contribution in [2.24, 2.45) is 0 Å². The molecule has 1 saturated heterocycles. The molecule has 6 nitrogen and oxygen atoms in total. The molecule has 0 unspecified atom stereocenters. The summed E-state index contributed by atoms with van der Waals surface area (Å²) >= 11 is 5.87. The smallest absolute Gasteiger partial charge is 0.407 e. The van der Waals surface area contributed by atoms with Gasteiger partial charge in [-0.15, -0.1) is 0 Å². The van der Waals surface area contributed by atoms with Crippen molar-refractivity contribution in [1.29, 1.82) is 0 Å². The predicted octanol–water partition coefficient (Wildman–Crippen LogP) is 2.99. The number of halogens is 1. The average molecular weight is 396 g/mol. The van der Waals surface area contributed by atoms with Gasteiger partial charge in [0.05, 0.1) is 6.54 Å². The van der Waals surface area contributed by atoms with Crippen LogP contribution in [0.4, 0.5) is 4.79 Å². The molecule has 0 radical (unpaired) electrons. The SMILES string of the molecule is CC(C)(C)OC(=O)NC1CCN(CC(=O)NCCc2ccc(Cl)cc2)CC1. The van der Waals surface area contributed by atoms with Crippen LogP contribution in [0.3, 0.4) is 0 Å². The monoisotopic (exact) mass is 395 g/mol. The van der Waals surface area contributed by atoms with E-state index in [1.54, 1.807) is 0 Å². The van der Waals surface area contributed by atoms with E-state index in [0.717, 1.165) is 37.9 Å². The summed E-state index contributed by atoms with van der Waals surface area (Å²) in [6.07, 6.45) is 2.04. The van der Waals surface area contributed by atoms with Gasteiger partial charge in [-0.2, -0.15) is 0 Å². The van der Waals surface area contributed by atoms with Crippen molar-refractivity contribution in [3.05, 3.63) is 34.9 Å². The van der Waals surface area contributed by atoms with Gasteiger partial charge >= 0.3 is 6.09 Å². The van der Waals surface area contributed by atoms with Crippen molar-refractivity contribution in [2.75, 3.05) is 26.2 Å². The third kappa shape index (κ3) is 8.63. The normalized spacial score (nSPS) is 16.0. The summed E-state index contributed by atoms with van der Waals surface area (Å²) in [5.41, 5.74) is 0.656. The number of rotatable bonds is 6. The average Bonchev–Trinajstić information content (AvgIpc) is 2.57. The fraction of sp³-hybridized carbons (Fsp3) is 0.600. The van der Waals surface area contributed by atoms with Gasteiger partial charge in [-0.1, -0.05) is 23.7 Å². The molecule has 1 heterocycles. The van der Waals surface area contributed by atoms with Crippen molar-refractivity contribution in [2.45, 2.75) is 51.7 Å². The lowest BCUT2D eigenvalue weighted by molar-refractivity contribution is -0.122. The zero-order chi connectivity index (χ0) is 19.9. The first-order valence-corrected chi connectivity index (χ1v) is 9.82. The summed E-state index contributed by atoms with van der Waals surface area (Å²) in [5, 5.41) is 6.58. The lowest BCUT2D eigenvalue weighted by atomic mass is 10.1. The Bertz CT molecular complexity index is 620. The van der Waals surface area contributed by atoms with E-state index >= 15 is 0 Å². The number of alkyl carbamates (subject to hydrolysis) is 1. The van der Waals surface area contributed by atoms with E-state index in [0.29, 0.717) is 18.1 Å². The van der Waals surface area contributed by atoms with Crippen LogP contribution in [0.5, 0.6) is 0 Å². The van der Waals surface area contributed by atoms with E-state index in [2.05, 4.69) is 15.5 Å². The molecule has 0 saturated carbocycles. The number of likely N-dealkylation sites (tertiary alicyclic amines) is 1. The van der Waals surface area contributed by atoms with E-state index in [9.17, 15) is 9.59 Å². The third-order valence-electron chi connectivity index (χ3n) is 4.32. The summed E-state index contributed by atoms with van der Waals surface area (Å²) in [4.78, 5) is 26.0. The predicted molar refractivity (Wildman–Crippen MR) is 107 cm³/mol. The Labute approximate surface area is 166 Å². The fourth-order valence-corrected chi connectivity index (χ4v) is 3.09. The molecule has 0 bridgehead atoms. The number of ether oxygens (including phenoxy) is 1. The molecule has 1 aliphatic heterocycles. The fourth-order valence-electron chi connectivity index (χ4n) is 2.97. The topological polar surface area (TPSA) is 70.7 Å². The Hall–Kier alpha value is -1.79. The van der Waals surface area contributed by atoms with Gasteiger partial charge in [-0.25, -0.2) is 4.79 Å². The number of nitrogens with zero attached hydrogens (tertiary/aromatic N) is 1. The lowest BCUT2D eigenvalue weighted by Gasteiger charge is -2.32. The second-order valence-corrected chi connectivity index (χ2v) is 8.36. The first-order valence-electron chi connectivity index (χ1n) is 9.44. The van der Waals surface area contributed by atoms with Crippen LogP contribution in [0, 0.1) is 0 Å². The second-order valence-electron chi connectivity index (χ2n) is 7.92. The van der Waals surface area contributed by atoms with E-state index < -0.39 is 5.60 Å². The minimum Gasteiger partial charge on any atom is -0.444 e. The molecule has 1 fully saturated rings. The second kappa shape index (κ2) is 9.95. The summed E-state index contributed by atoms with van der Waals surface area (Å²) < 4.78 is 5.28. The van der Waals surface area contributed by atoms with Gasteiger partial charge in [0.15, 0.2) is 0 Å². The van der Waals surface area contributed by atoms with Crippen LogP contribution in [-0.4, -0.2) is 54.7 Å². The van der Waals surface area contributed by atoms with Crippen LogP contribution in [0.2, 0.25) is 5.02 Å². The van der Waals surface area contributed by atoms with Crippen molar-refractivity contribution >= 4 is 23.6 Å². The molecule has 150 valence electrons. The van der Waals surface area contributed by atoms with Crippen LogP contribution in [-0.2, 0) is 16.0 Å². The van der Waals surface area contributed by atoms with Crippen molar-refractivity contribution < 1.29 is 14.3 Å². The molecule has 0 aromatic heterocycles. The van der Waals surface area contributed by atoms with Crippen LogP contribution in [0.15, 0.2) is 24.3 Å². The molecule has 1 aliphatic rings. The molecular weight excluding hydrogens is 366 g/mol. The van der Waals surface area contributed by atoms with Crippen molar-refractivity contribution in [3.63, 3.8) is 0 Å². The molecule has 0 atom stereocenters. The van der Waals surface area contributed by atoms with Gasteiger partial charge in [0.1, 0.15) is 5.60 Å². The molecule has 2 amide bonds. The number of piperidine rings is 1. The van der Waals surface area contributed by atoms with E-state index in [1.807, 2.05) is 45.0 Å². The maximum absolute atomic E-state index is 12.1. The number of amides is 2. The minimum absolute atomic E-state index is 0.0301. The molecule has 7 heteroatoms. The maximum atomic E-state index is 12.1. The Balaban J connectivity index is 1.61. The Morgan fingerprint density at radius 2 is 1.81 bits per heavy atom. The highest BCUT2D eigenvalue weighted by Crippen LogP contribution is 2.12. The van der Waals surface area contributed by atoms with Crippen LogP contribution >= 0.6 is 11.6 Å². The largest absolute Gasteiger partial charge is 0.444 e. The van der Waals surface area contributed by atoms with Gasteiger partial charge in [0.25, 0.3) is 0 Å². The van der Waals surface area contributed by atoms with Gasteiger partial charge in [0, 0.05) is 30.7 Å². The van der Waals surface area contributed by atoms with E-state index in [1.165, 1.54) is 0 Å². The first-order chi connectivity index (χ1) is 12.7. The molecule has 2 N–H and O–H groups in total. The summed E-state index contributed by atoms with van der Waals surface area (Å²) in [5.74, 6) is 0.0301. The number of hydrogen-bond donors (Lipinski definition) is 2. The van der Waals surface area contributed by atoms with E-state index in [-0.39, 0.29) is 18.0 Å². The third-order valence-corrected chi connectivity index (χ3v) is 4.58. The van der Waals surface area contributed by atoms with Crippen LogP contribution in [0.1, 0.15) is 39.2 Å². The number of hydrogen-bond acceptors (Lipinski definition) is 4. The highest BCUT2D eigenvalue weighted by atomic mass is 35.5. The van der Waals surface area contributed by atoms with Crippen molar-refractivity contribution in [3.8, 4) is 0 Å². The number of carbonyl (C=O) groups is 2. The summed E-state index contributed by atoms with van der Waals surface area (Å²) in [6.45, 7) is 8.11. The zero-order valence-electron chi connectivity index (χ0n) is 16.4. The zero-order valence-corrected chi connectivity index (χ0v) is 17.1. The number of nitrogens with one attached hydrogen (secondary N) is 2. The van der Waals surface area contributed by atoms with Crippen molar-refractivity contribution in [1.82, 2.24) is 15.5 Å². The van der Waals surface area contributed by atoms with Crippen LogP contribution in [0.25, 0.3) is 0 Å². The van der Waals surface area contributed by atoms with Crippen LogP contribution < -0.4 is 10.6 Å². The van der Waals surface area contributed by atoms with E-state index in [4.69, 9.17) is 16.3 Å². The number of carbonyl (C=O) groups excluding carboxylic acids is 2. The molecular formula is C20H30ClN3O3. The Morgan fingerprint density at radius 1 is 1.19 bits per heavy atom. The molecule has 0 spiro atoms. The quantitative estimate of drug-likeness (QED) is 0.776. The highest BCUT2D eigenvalue weighted by molar-refractivity contribution is 6.30. The van der Waals surface area contributed by atoms with Gasteiger partial charge in [0.2, 0.25) is 5.91 Å². The van der Waals surface area contributed by atoms with Gasteiger partial charge in [-0.3, -0.25) is 9.69 Å². The maximum Gasteiger partial charge on any atom is 0.407 e. The Morgan fingerprint density at radius 3 is 2.41 bits per heavy atom. The van der Waals surface area contributed by atoms with Gasteiger partial charge < -0.3 is 15.4 Å².